The molecule has 4 heteroatoms. The minimum atomic E-state index is 0.950. The van der Waals surface area contributed by atoms with Crippen LogP contribution in [-0.4, -0.2) is 9.97 Å². The van der Waals surface area contributed by atoms with Crippen LogP contribution in [0, 0.1) is 0 Å². The molecule has 5 rings (SSSR count). The summed E-state index contributed by atoms with van der Waals surface area (Å²) >= 11 is 0. The van der Waals surface area contributed by atoms with Gasteiger partial charge >= 0.3 is 0 Å². The summed E-state index contributed by atoms with van der Waals surface area (Å²) in [6.45, 7) is 17.9. The third-order valence-corrected chi connectivity index (χ3v) is 8.82. The lowest BCUT2D eigenvalue weighted by molar-refractivity contribution is 1.07. The molecular weight excluding hydrogens is 488 g/mol. The van der Waals surface area contributed by atoms with Crippen molar-refractivity contribution in [2.45, 2.75) is 107 Å². The molecule has 0 atom stereocenters. The van der Waals surface area contributed by atoms with Crippen LogP contribution in [0.1, 0.15) is 126 Å². The Morgan fingerprint density at radius 1 is 0.375 bits per heavy atom. The van der Waals surface area contributed by atoms with Crippen LogP contribution >= 0.6 is 0 Å². The van der Waals surface area contributed by atoms with E-state index < -0.39 is 0 Å². The predicted octanol–water partition coefficient (Wildman–Crippen LogP) is 9.28. The molecule has 8 bridgehead atoms. The van der Waals surface area contributed by atoms with Gasteiger partial charge in [-0.2, -0.15) is 0 Å². The summed E-state index contributed by atoms with van der Waals surface area (Å²) in [5, 5.41) is 0. The van der Waals surface area contributed by atoms with E-state index in [-0.39, 0.29) is 0 Å². The molecule has 4 nitrogen and oxygen atoms in total. The van der Waals surface area contributed by atoms with Crippen molar-refractivity contribution in [1.82, 2.24) is 19.9 Å². The highest BCUT2D eigenvalue weighted by Gasteiger charge is 2.21. The largest absolute Gasteiger partial charge is 0.657 e. The van der Waals surface area contributed by atoms with E-state index in [2.05, 4.69) is 79.7 Å². The van der Waals surface area contributed by atoms with Gasteiger partial charge in [-0.1, -0.05) is 95.8 Å². The molecule has 0 aliphatic carbocycles. The van der Waals surface area contributed by atoms with Crippen LogP contribution in [-0.2, 0) is 25.7 Å². The molecule has 0 unspecified atom stereocenters. The molecule has 3 aromatic heterocycles. The molecule has 2 aliphatic rings. The van der Waals surface area contributed by atoms with E-state index in [0.29, 0.717) is 0 Å². The summed E-state index contributed by atoms with van der Waals surface area (Å²) in [5.74, 6) is 0. The van der Waals surface area contributed by atoms with Crippen LogP contribution in [0.5, 0.6) is 0 Å². The number of nitrogens with zero attached hydrogens (tertiary/aromatic N) is 4. The van der Waals surface area contributed by atoms with Crippen LogP contribution in [0.3, 0.4) is 0 Å². The molecule has 0 saturated heterocycles. The Hall–Kier alpha value is -3.40. The van der Waals surface area contributed by atoms with Crippen molar-refractivity contribution >= 4 is 44.4 Å². The van der Waals surface area contributed by atoms with E-state index in [1.165, 1.54) is 44.5 Å². The van der Waals surface area contributed by atoms with Gasteiger partial charge in [0.05, 0.1) is 22.8 Å². The predicted molar refractivity (Wildman–Crippen MR) is 171 cm³/mol. The Bertz CT molecular complexity index is 1550. The first-order valence-electron chi connectivity index (χ1n) is 15.6. The quantitative estimate of drug-likeness (QED) is 0.290. The first-order chi connectivity index (χ1) is 19.5. The van der Waals surface area contributed by atoms with E-state index in [1.54, 1.807) is 0 Å². The molecule has 0 aromatic carbocycles. The smallest absolute Gasteiger partial charge is 0.0694 e. The molecule has 0 N–H and O–H groups in total. The van der Waals surface area contributed by atoms with Crippen molar-refractivity contribution in [2.75, 3.05) is 0 Å². The van der Waals surface area contributed by atoms with Gasteiger partial charge in [-0.15, -0.1) is 22.1 Å². The zero-order valence-corrected chi connectivity index (χ0v) is 25.8. The van der Waals surface area contributed by atoms with Gasteiger partial charge in [-0.25, -0.2) is 9.97 Å². The van der Waals surface area contributed by atoms with Gasteiger partial charge in [0.2, 0.25) is 0 Å². The summed E-state index contributed by atoms with van der Waals surface area (Å²) in [5.41, 5.74) is 19.1. The standard InChI is InChI=1S/C36H44N4/c1-9-21-22(10-2)30-18-32-25(13-5)26(14-6)34(39-32)20-36-28(16-8)27(15-7)35(40-36)19-33-24(12-4)23(11-3)31(38-33)17-29(21)37-30/h17-20H,9-16H2,1-8H3/q-2. The average molecular weight is 533 g/mol. The van der Waals surface area contributed by atoms with Gasteiger partial charge < -0.3 is 9.97 Å². The molecular formula is C36H44N4-2. The van der Waals surface area contributed by atoms with Gasteiger partial charge in [0, 0.05) is 0 Å². The highest BCUT2D eigenvalue weighted by Crippen LogP contribution is 2.39. The monoisotopic (exact) mass is 532 g/mol. The topological polar surface area (TPSA) is 54.0 Å². The molecule has 3 aromatic rings. The van der Waals surface area contributed by atoms with E-state index >= 15 is 0 Å². The van der Waals surface area contributed by atoms with Gasteiger partial charge in [0.1, 0.15) is 0 Å². The van der Waals surface area contributed by atoms with Crippen molar-refractivity contribution in [3.63, 3.8) is 0 Å². The second kappa shape index (κ2) is 11.6. The minimum absolute atomic E-state index is 0.950. The average Bonchev–Trinajstić information content (AvgIpc) is 3.67. The summed E-state index contributed by atoms with van der Waals surface area (Å²) in [7, 11) is 0. The van der Waals surface area contributed by atoms with E-state index in [4.69, 9.17) is 19.9 Å². The Labute approximate surface area is 240 Å². The number of hydrogen-bond donors (Lipinski definition) is 0. The molecule has 5 heterocycles. The first kappa shape index (κ1) is 28.1. The molecule has 0 fully saturated rings. The lowest BCUT2D eigenvalue weighted by Gasteiger charge is -2.06. The van der Waals surface area contributed by atoms with Gasteiger partial charge in [0.25, 0.3) is 0 Å². The lowest BCUT2D eigenvalue weighted by Crippen LogP contribution is -1.87. The summed E-state index contributed by atoms with van der Waals surface area (Å²) in [4.78, 5) is 21.0. The maximum atomic E-state index is 5.25. The van der Waals surface area contributed by atoms with Crippen molar-refractivity contribution in [3.05, 3.63) is 69.3 Å². The van der Waals surface area contributed by atoms with Crippen molar-refractivity contribution in [3.8, 4) is 0 Å². The fourth-order valence-electron chi connectivity index (χ4n) is 6.92. The normalized spacial score (nSPS) is 13.6. The fourth-order valence-corrected chi connectivity index (χ4v) is 6.92. The zero-order valence-electron chi connectivity index (χ0n) is 25.8. The highest BCUT2D eigenvalue weighted by atomic mass is 14.8. The van der Waals surface area contributed by atoms with Crippen LogP contribution in [0.2, 0.25) is 0 Å². The lowest BCUT2D eigenvalue weighted by atomic mass is 9.97. The Balaban J connectivity index is 2.03. The molecule has 2 aliphatic heterocycles. The first-order valence-corrected chi connectivity index (χ1v) is 15.6. The summed E-state index contributed by atoms with van der Waals surface area (Å²) < 4.78 is 0. The minimum Gasteiger partial charge on any atom is -0.657 e. The summed E-state index contributed by atoms with van der Waals surface area (Å²) in [6.07, 6.45) is 7.60. The van der Waals surface area contributed by atoms with Crippen molar-refractivity contribution < 1.29 is 0 Å². The number of hydrogen-bond acceptors (Lipinski definition) is 2. The highest BCUT2D eigenvalue weighted by molar-refractivity contribution is 5.96. The Morgan fingerprint density at radius 2 is 0.650 bits per heavy atom. The number of fused-ring (bicyclic) bond motifs is 8. The van der Waals surface area contributed by atoms with E-state index in [0.717, 1.165) is 96.2 Å². The maximum Gasteiger partial charge on any atom is 0.0694 e. The van der Waals surface area contributed by atoms with Gasteiger partial charge in [0.15, 0.2) is 0 Å². The molecule has 0 saturated carbocycles. The second-order valence-corrected chi connectivity index (χ2v) is 10.8. The van der Waals surface area contributed by atoms with Crippen LogP contribution in [0.4, 0.5) is 0 Å². The number of aromatic nitrogens is 4. The van der Waals surface area contributed by atoms with E-state index in [9.17, 15) is 0 Å². The molecule has 210 valence electrons. The fraction of sp³-hybridized carbons (Fsp3) is 0.444. The van der Waals surface area contributed by atoms with Gasteiger partial charge in [-0.3, -0.25) is 0 Å². The third kappa shape index (κ3) is 4.56. The van der Waals surface area contributed by atoms with Crippen LogP contribution < -0.4 is 9.97 Å². The molecule has 0 spiro atoms. The molecule has 0 radical (unpaired) electrons. The Morgan fingerprint density at radius 3 is 0.925 bits per heavy atom. The van der Waals surface area contributed by atoms with Crippen LogP contribution in [0.15, 0.2) is 24.3 Å². The Kier molecular flexibility index (Phi) is 8.16. The molecule has 0 amide bonds. The van der Waals surface area contributed by atoms with Crippen molar-refractivity contribution in [1.29, 1.82) is 0 Å². The molecule has 40 heavy (non-hydrogen) atoms. The van der Waals surface area contributed by atoms with Gasteiger partial charge in [-0.05, 0) is 79.7 Å². The van der Waals surface area contributed by atoms with Crippen LogP contribution in [0.25, 0.3) is 44.4 Å². The number of rotatable bonds is 8. The zero-order chi connectivity index (χ0) is 28.6. The summed E-state index contributed by atoms with van der Waals surface area (Å²) in [6, 6.07) is 8.98. The maximum absolute atomic E-state index is 5.25. The number of aryl methyl sites for hydroxylation is 4. The van der Waals surface area contributed by atoms with E-state index in [1.807, 2.05) is 0 Å². The second-order valence-electron chi connectivity index (χ2n) is 10.8. The number of allylic oxidation sites excluding steroid dienone is 4. The SMILES string of the molecule is CCC1=C(CC)c2cc3[n-]c(cc4[n-]c(cc5nc(cc1n2)C(CC)=C5CC)c(CC)c4CC)c(CC)c3CC. The third-order valence-electron chi connectivity index (χ3n) is 8.82. The van der Waals surface area contributed by atoms with Crippen molar-refractivity contribution in [2.24, 2.45) is 0 Å².